The summed E-state index contributed by atoms with van der Waals surface area (Å²) < 4.78 is 2.00. The Kier molecular flexibility index (Phi) is 3.90. The molecule has 0 amide bonds. The highest BCUT2D eigenvalue weighted by atomic mass is 16.1. The Bertz CT molecular complexity index is 823. The molecule has 1 atom stereocenters. The van der Waals surface area contributed by atoms with Gasteiger partial charge in [-0.05, 0) is 24.6 Å². The van der Waals surface area contributed by atoms with Crippen LogP contribution in [0.15, 0.2) is 77.7 Å². The molecule has 0 bridgehead atoms. The van der Waals surface area contributed by atoms with Crippen molar-refractivity contribution in [1.29, 1.82) is 0 Å². The van der Waals surface area contributed by atoms with Gasteiger partial charge in [-0.2, -0.15) is 0 Å². The monoisotopic (exact) mass is 290 g/mol. The number of nitrogens with two attached hydrogens (primary N) is 1. The van der Waals surface area contributed by atoms with Crippen molar-refractivity contribution >= 4 is 0 Å². The molecule has 0 spiro atoms. The van der Waals surface area contributed by atoms with Gasteiger partial charge >= 0.3 is 0 Å². The molecule has 0 fully saturated rings. The third-order valence-corrected chi connectivity index (χ3v) is 3.80. The van der Waals surface area contributed by atoms with Crippen LogP contribution in [0.5, 0.6) is 0 Å². The lowest BCUT2D eigenvalue weighted by Crippen LogP contribution is -2.23. The Hall–Kier alpha value is -2.65. The summed E-state index contributed by atoms with van der Waals surface area (Å²) in [6, 6.07) is 20.8. The molecule has 22 heavy (non-hydrogen) atoms. The number of aromatic nitrogens is 1. The number of benzene rings is 2. The Morgan fingerprint density at radius 1 is 0.955 bits per heavy atom. The predicted molar refractivity (Wildman–Crippen MR) is 89.2 cm³/mol. The number of aryl methyl sites for hydroxylation is 1. The number of rotatable bonds is 3. The number of pyridine rings is 1. The van der Waals surface area contributed by atoms with Gasteiger partial charge in [0, 0.05) is 29.2 Å². The van der Waals surface area contributed by atoms with Crippen molar-refractivity contribution in [2.75, 3.05) is 0 Å². The SMILES string of the molecule is Cc1cc(=O)c(C(N)c2ccccc2)cn1-c1ccccc1. The van der Waals surface area contributed by atoms with Crippen LogP contribution in [0.1, 0.15) is 22.9 Å². The summed E-state index contributed by atoms with van der Waals surface area (Å²) >= 11 is 0. The van der Waals surface area contributed by atoms with Gasteiger partial charge in [-0.1, -0.05) is 48.5 Å². The Labute approximate surface area is 129 Å². The van der Waals surface area contributed by atoms with Crippen LogP contribution in [-0.2, 0) is 0 Å². The molecule has 0 saturated heterocycles. The van der Waals surface area contributed by atoms with Crippen molar-refractivity contribution in [3.8, 4) is 5.69 Å². The molecule has 3 aromatic rings. The Morgan fingerprint density at radius 3 is 2.18 bits per heavy atom. The average molecular weight is 290 g/mol. The first kappa shape index (κ1) is 14.3. The molecule has 0 saturated carbocycles. The summed E-state index contributed by atoms with van der Waals surface area (Å²) in [5.41, 5.74) is 9.71. The fourth-order valence-corrected chi connectivity index (χ4v) is 2.59. The number of hydrogen-bond acceptors (Lipinski definition) is 2. The third kappa shape index (κ3) is 2.71. The summed E-state index contributed by atoms with van der Waals surface area (Å²) in [7, 11) is 0. The molecule has 110 valence electrons. The van der Waals surface area contributed by atoms with Gasteiger partial charge in [0.25, 0.3) is 0 Å². The molecule has 1 aromatic heterocycles. The second-order valence-electron chi connectivity index (χ2n) is 5.33. The van der Waals surface area contributed by atoms with Crippen molar-refractivity contribution in [1.82, 2.24) is 4.57 Å². The van der Waals surface area contributed by atoms with Crippen molar-refractivity contribution in [2.45, 2.75) is 13.0 Å². The minimum atomic E-state index is -0.427. The zero-order valence-electron chi connectivity index (χ0n) is 12.4. The fraction of sp³-hybridized carbons (Fsp3) is 0.105. The summed E-state index contributed by atoms with van der Waals surface area (Å²) in [6.45, 7) is 1.92. The molecule has 0 aliphatic heterocycles. The minimum absolute atomic E-state index is 0.0268. The standard InChI is InChI=1S/C19H18N2O/c1-14-12-18(22)17(19(20)15-8-4-2-5-9-15)13-21(14)16-10-6-3-7-11-16/h2-13,19H,20H2,1H3. The van der Waals surface area contributed by atoms with Crippen LogP contribution in [0.3, 0.4) is 0 Å². The van der Waals surface area contributed by atoms with Gasteiger partial charge < -0.3 is 10.3 Å². The fourth-order valence-electron chi connectivity index (χ4n) is 2.59. The maximum absolute atomic E-state index is 12.3. The zero-order valence-corrected chi connectivity index (χ0v) is 12.4. The van der Waals surface area contributed by atoms with Crippen molar-refractivity contribution in [3.05, 3.63) is 100.0 Å². The highest BCUT2D eigenvalue weighted by Crippen LogP contribution is 2.18. The second-order valence-corrected chi connectivity index (χ2v) is 5.33. The molecule has 0 radical (unpaired) electrons. The topological polar surface area (TPSA) is 48.0 Å². The first-order chi connectivity index (χ1) is 10.7. The van der Waals surface area contributed by atoms with Gasteiger partial charge in [0.2, 0.25) is 0 Å². The molecule has 2 N–H and O–H groups in total. The Morgan fingerprint density at radius 2 is 1.55 bits per heavy atom. The maximum atomic E-state index is 12.3. The molecule has 3 rings (SSSR count). The number of para-hydroxylation sites is 1. The van der Waals surface area contributed by atoms with E-state index in [-0.39, 0.29) is 5.43 Å². The molecule has 2 aromatic carbocycles. The lowest BCUT2D eigenvalue weighted by Gasteiger charge is -2.16. The van der Waals surface area contributed by atoms with E-state index < -0.39 is 6.04 Å². The van der Waals surface area contributed by atoms with E-state index in [1.807, 2.05) is 78.4 Å². The summed E-state index contributed by atoms with van der Waals surface area (Å²) in [6.07, 6.45) is 1.85. The van der Waals surface area contributed by atoms with E-state index in [2.05, 4.69) is 0 Å². The van der Waals surface area contributed by atoms with Gasteiger partial charge in [0.1, 0.15) is 0 Å². The van der Waals surface area contributed by atoms with Gasteiger partial charge in [-0.25, -0.2) is 0 Å². The van der Waals surface area contributed by atoms with Crippen molar-refractivity contribution < 1.29 is 0 Å². The van der Waals surface area contributed by atoms with Crippen molar-refractivity contribution in [2.24, 2.45) is 5.73 Å². The average Bonchev–Trinajstić information content (AvgIpc) is 2.56. The van der Waals surface area contributed by atoms with E-state index in [0.29, 0.717) is 5.56 Å². The van der Waals surface area contributed by atoms with Gasteiger partial charge in [0.05, 0.1) is 6.04 Å². The molecule has 0 aliphatic rings. The smallest absolute Gasteiger partial charge is 0.186 e. The van der Waals surface area contributed by atoms with E-state index in [9.17, 15) is 4.79 Å². The zero-order chi connectivity index (χ0) is 15.5. The highest BCUT2D eigenvalue weighted by molar-refractivity contribution is 5.38. The molecule has 3 nitrogen and oxygen atoms in total. The van der Waals surface area contributed by atoms with Crippen LogP contribution in [-0.4, -0.2) is 4.57 Å². The largest absolute Gasteiger partial charge is 0.321 e. The van der Waals surface area contributed by atoms with Gasteiger partial charge in [-0.15, -0.1) is 0 Å². The maximum Gasteiger partial charge on any atom is 0.186 e. The normalized spacial score (nSPS) is 12.1. The molecule has 1 unspecified atom stereocenters. The van der Waals surface area contributed by atoms with Gasteiger partial charge in [-0.3, -0.25) is 4.79 Å². The van der Waals surface area contributed by atoms with E-state index in [4.69, 9.17) is 5.73 Å². The molecular weight excluding hydrogens is 272 g/mol. The van der Waals surface area contributed by atoms with Gasteiger partial charge in [0.15, 0.2) is 5.43 Å². The van der Waals surface area contributed by atoms with Crippen LogP contribution in [0.2, 0.25) is 0 Å². The molecular formula is C19H18N2O. The summed E-state index contributed by atoms with van der Waals surface area (Å²) in [4.78, 5) is 12.3. The van der Waals surface area contributed by atoms with E-state index in [1.54, 1.807) is 6.07 Å². The minimum Gasteiger partial charge on any atom is -0.321 e. The highest BCUT2D eigenvalue weighted by Gasteiger charge is 2.14. The second kappa shape index (κ2) is 6.00. The molecule has 0 aliphatic carbocycles. The van der Waals surface area contributed by atoms with Crippen LogP contribution >= 0.6 is 0 Å². The van der Waals surface area contributed by atoms with Crippen LogP contribution in [0.25, 0.3) is 5.69 Å². The van der Waals surface area contributed by atoms with E-state index in [1.165, 1.54) is 0 Å². The van der Waals surface area contributed by atoms with Crippen LogP contribution < -0.4 is 11.2 Å². The molecule has 3 heteroatoms. The van der Waals surface area contributed by atoms with Crippen LogP contribution in [0, 0.1) is 6.92 Å². The first-order valence-corrected chi connectivity index (χ1v) is 7.26. The molecule has 1 heterocycles. The Balaban J connectivity index is 2.11. The predicted octanol–water partition coefficient (Wildman–Crippen LogP) is 3.19. The van der Waals surface area contributed by atoms with E-state index in [0.717, 1.165) is 16.9 Å². The first-order valence-electron chi connectivity index (χ1n) is 7.26. The summed E-state index contributed by atoms with van der Waals surface area (Å²) in [5, 5.41) is 0. The lowest BCUT2D eigenvalue weighted by atomic mass is 10.0. The summed E-state index contributed by atoms with van der Waals surface area (Å²) in [5.74, 6) is 0. The number of hydrogen-bond donors (Lipinski definition) is 1. The number of nitrogens with zero attached hydrogens (tertiary/aromatic N) is 1. The van der Waals surface area contributed by atoms with Crippen molar-refractivity contribution in [3.63, 3.8) is 0 Å². The third-order valence-electron chi connectivity index (χ3n) is 3.80. The van der Waals surface area contributed by atoms with E-state index >= 15 is 0 Å². The lowest BCUT2D eigenvalue weighted by molar-refractivity contribution is 0.828. The van der Waals surface area contributed by atoms with Crippen LogP contribution in [0.4, 0.5) is 0 Å². The quantitative estimate of drug-likeness (QED) is 0.805.